The minimum atomic E-state index is 0. The van der Waals surface area contributed by atoms with E-state index in [-0.39, 0.29) is 56.0 Å². The second-order valence-corrected chi connectivity index (χ2v) is 2.35. The molecule has 0 aliphatic heterocycles. The molecule has 2 aromatic carbocycles. The van der Waals surface area contributed by atoms with Crippen molar-refractivity contribution in [3.05, 3.63) is 63.4 Å². The number of hydrogen-bond acceptors (Lipinski definition) is 0. The van der Waals surface area contributed by atoms with Crippen molar-refractivity contribution in [1.29, 1.82) is 0 Å². The van der Waals surface area contributed by atoms with Gasteiger partial charge >= 0.3 is 0 Å². The van der Waals surface area contributed by atoms with Crippen molar-refractivity contribution in [3.8, 4) is 0 Å². The van der Waals surface area contributed by atoms with Crippen molar-refractivity contribution in [2.45, 2.75) is 0 Å². The maximum atomic E-state index is 2.12. The summed E-state index contributed by atoms with van der Waals surface area (Å²) in [6.07, 6.45) is 0. The number of hydrogen-bond donors (Lipinski definition) is 0. The molecule has 0 aliphatic rings. The molecule has 0 aromatic heterocycles. The number of benzene rings is 2. The third-order valence-corrected chi connectivity index (χ3v) is 1.66. The smallest absolute Gasteiger partial charge is 0 e. The van der Waals surface area contributed by atoms with Crippen LogP contribution in [-0.2, 0) is 32.7 Å². The molecule has 0 saturated heterocycles. The summed E-state index contributed by atoms with van der Waals surface area (Å²) < 4.78 is 0. The van der Waals surface area contributed by atoms with Gasteiger partial charge in [-0.05, 0) is 10.8 Å². The van der Waals surface area contributed by atoms with Crippen LogP contribution in [0.15, 0.2) is 48.5 Å². The molecule has 0 saturated carbocycles. The van der Waals surface area contributed by atoms with Gasteiger partial charge in [-0.25, -0.2) is 0 Å². The third kappa shape index (κ3) is 4.39. The van der Waals surface area contributed by atoms with Gasteiger partial charge in [0.15, 0.2) is 0 Å². The molecule has 2 rings (SSSR count). The van der Waals surface area contributed by atoms with Gasteiger partial charge in [0.25, 0.3) is 0 Å². The number of fused-ring (bicyclic) bond motifs is 1. The fraction of sp³-hybridized carbons (Fsp3) is 0. The molecular formula is C12H14BY-2. The topological polar surface area (TPSA) is 0 Å². The zero-order valence-corrected chi connectivity index (χ0v) is 11.6. The van der Waals surface area contributed by atoms with Gasteiger partial charge in [-0.1, -0.05) is 48.5 Å². The van der Waals surface area contributed by atoms with Crippen LogP contribution in [0.2, 0.25) is 0 Å². The quantitative estimate of drug-likeness (QED) is 0.502. The van der Waals surface area contributed by atoms with Crippen LogP contribution < -0.4 is 0 Å². The summed E-state index contributed by atoms with van der Waals surface area (Å²) in [6, 6.07) is 16.7. The first-order chi connectivity index (χ1) is 4.97. The van der Waals surface area contributed by atoms with Gasteiger partial charge in [-0.3, -0.25) is 0 Å². The second kappa shape index (κ2) is 9.42. The average Bonchev–Trinajstić information content (AvgIpc) is 2.05. The van der Waals surface area contributed by atoms with E-state index >= 15 is 0 Å². The first kappa shape index (κ1) is 19.4. The monoisotopic (exact) mass is 258 g/mol. The molecule has 4 radical (unpaired) electrons. The molecule has 0 bridgehead atoms. The van der Waals surface area contributed by atoms with Crippen LogP contribution >= 0.6 is 0 Å². The van der Waals surface area contributed by atoms with Gasteiger partial charge in [-0.15, -0.1) is 0 Å². The van der Waals surface area contributed by atoms with Crippen molar-refractivity contribution in [2.24, 2.45) is 0 Å². The van der Waals surface area contributed by atoms with Gasteiger partial charge < -0.3 is 14.9 Å². The fourth-order valence-corrected chi connectivity index (χ4v) is 1.13. The van der Waals surface area contributed by atoms with Crippen molar-refractivity contribution >= 4 is 19.2 Å². The molecule has 0 atom stereocenters. The normalized spacial score (nSPS) is 7.14. The Kier molecular flexibility index (Phi) is 13.1. The molecule has 14 heavy (non-hydrogen) atoms. The van der Waals surface area contributed by atoms with Gasteiger partial charge in [-0.2, -0.15) is 0 Å². The van der Waals surface area contributed by atoms with Crippen LogP contribution in [0.4, 0.5) is 0 Å². The molecule has 0 unspecified atom stereocenters. The van der Waals surface area contributed by atoms with Crippen LogP contribution in [0.1, 0.15) is 0 Å². The van der Waals surface area contributed by atoms with E-state index in [9.17, 15) is 0 Å². The van der Waals surface area contributed by atoms with E-state index < -0.39 is 0 Å². The van der Waals surface area contributed by atoms with Crippen LogP contribution in [0.3, 0.4) is 0 Å². The predicted octanol–water partition coefficient (Wildman–Crippen LogP) is 3.36. The molecule has 2 heteroatoms. The van der Waals surface area contributed by atoms with Gasteiger partial charge in [0, 0.05) is 41.1 Å². The van der Waals surface area contributed by atoms with Crippen molar-refractivity contribution < 1.29 is 32.7 Å². The summed E-state index contributed by atoms with van der Waals surface area (Å²) in [5, 5.41) is 2.62. The van der Waals surface area contributed by atoms with Crippen molar-refractivity contribution in [1.82, 2.24) is 0 Å². The zero-order chi connectivity index (χ0) is 6.81. The maximum absolute atomic E-state index is 2.12. The summed E-state index contributed by atoms with van der Waals surface area (Å²) >= 11 is 0. The minimum Gasteiger partial charge on any atom is -0.358 e. The van der Waals surface area contributed by atoms with E-state index in [2.05, 4.69) is 48.5 Å². The average molecular weight is 258 g/mol. The molecule has 2 aromatic rings. The summed E-state index contributed by atoms with van der Waals surface area (Å²) in [5.74, 6) is 0. The van der Waals surface area contributed by atoms with Gasteiger partial charge in [0.2, 0.25) is 0 Å². The summed E-state index contributed by atoms with van der Waals surface area (Å²) in [7, 11) is 0. The van der Waals surface area contributed by atoms with Crippen LogP contribution in [0.5, 0.6) is 0 Å². The summed E-state index contributed by atoms with van der Waals surface area (Å²) in [5.41, 5.74) is 0. The van der Waals surface area contributed by atoms with E-state index in [0.717, 1.165) is 0 Å². The predicted molar refractivity (Wildman–Crippen MR) is 62.5 cm³/mol. The molecule has 0 amide bonds. The number of rotatable bonds is 0. The standard InChI is InChI=1S/C10H8.2CH3.B.Y/c1-2-6-10-8-4-3-7-9(10)5-1;;;;/h1-8H;2*1H3;;/q;2*-1;;. The molecule has 0 fully saturated rings. The fourth-order valence-electron chi connectivity index (χ4n) is 1.13. The molecule has 0 heterocycles. The van der Waals surface area contributed by atoms with Crippen molar-refractivity contribution in [3.63, 3.8) is 0 Å². The first-order valence-corrected chi connectivity index (χ1v) is 3.40. The Hall–Kier alpha value is -0.131. The van der Waals surface area contributed by atoms with Crippen molar-refractivity contribution in [2.75, 3.05) is 0 Å². The Balaban J connectivity index is -0.000000302. The van der Waals surface area contributed by atoms with Crippen LogP contribution in [0, 0.1) is 14.9 Å². The Labute approximate surface area is 115 Å². The second-order valence-electron chi connectivity index (χ2n) is 2.35. The molecule has 0 aliphatic carbocycles. The Morgan fingerprint density at radius 1 is 0.571 bits per heavy atom. The van der Waals surface area contributed by atoms with E-state index in [1.807, 2.05) is 0 Å². The van der Waals surface area contributed by atoms with Crippen LogP contribution in [-0.4, -0.2) is 8.41 Å². The maximum Gasteiger partial charge on any atom is 0 e. The molecule has 0 N–H and O–H groups in total. The Bertz CT molecular complexity index is 281. The zero-order valence-electron chi connectivity index (χ0n) is 8.77. The Morgan fingerprint density at radius 3 is 1.00 bits per heavy atom. The van der Waals surface area contributed by atoms with Gasteiger partial charge in [0.1, 0.15) is 0 Å². The van der Waals surface area contributed by atoms with E-state index in [1.165, 1.54) is 10.8 Å². The van der Waals surface area contributed by atoms with E-state index in [0.29, 0.717) is 0 Å². The Morgan fingerprint density at radius 2 is 0.786 bits per heavy atom. The largest absolute Gasteiger partial charge is 0.358 e. The molecule has 0 spiro atoms. The molecule has 70 valence electrons. The van der Waals surface area contributed by atoms with E-state index in [1.54, 1.807) is 0 Å². The SMILES string of the molecule is [B].[CH3-].[CH3-].[Y].c1ccc2ccccc2c1. The van der Waals surface area contributed by atoms with Crippen LogP contribution in [0.25, 0.3) is 10.8 Å². The molecule has 0 nitrogen and oxygen atoms in total. The molecular weight excluding hydrogens is 244 g/mol. The van der Waals surface area contributed by atoms with Gasteiger partial charge in [0.05, 0.1) is 0 Å². The van der Waals surface area contributed by atoms with E-state index in [4.69, 9.17) is 0 Å². The third-order valence-electron chi connectivity index (χ3n) is 1.66. The minimum absolute atomic E-state index is 0. The summed E-state index contributed by atoms with van der Waals surface area (Å²) in [4.78, 5) is 0. The summed E-state index contributed by atoms with van der Waals surface area (Å²) in [6.45, 7) is 0. The first-order valence-electron chi connectivity index (χ1n) is 3.40.